The molecule has 10 heteroatoms. The van der Waals surface area contributed by atoms with Crippen LogP contribution in [0.25, 0.3) is 0 Å². The number of hydrogen-bond donors (Lipinski definition) is 1. The fourth-order valence-corrected chi connectivity index (χ4v) is 8.22. The Labute approximate surface area is 247 Å². The van der Waals surface area contributed by atoms with Gasteiger partial charge in [0.05, 0.1) is 17.0 Å². The summed E-state index contributed by atoms with van der Waals surface area (Å²) in [6, 6.07) is 6.96. The minimum absolute atomic E-state index is 0.0404. The summed E-state index contributed by atoms with van der Waals surface area (Å²) in [6.45, 7) is 3.36. The summed E-state index contributed by atoms with van der Waals surface area (Å²) in [6.07, 6.45) is -2.88. The quantitative estimate of drug-likeness (QED) is 0.320. The zero-order valence-corrected chi connectivity index (χ0v) is 24.2. The lowest BCUT2D eigenvalue weighted by atomic mass is 9.80. The molecular weight excluding hydrogens is 572 g/mol. The normalized spacial score (nSPS) is 28.1. The van der Waals surface area contributed by atoms with Gasteiger partial charge in [0.2, 0.25) is 0 Å². The van der Waals surface area contributed by atoms with E-state index < -0.39 is 41.4 Å². The molecule has 43 heavy (non-hydrogen) atoms. The average Bonchev–Trinajstić information content (AvgIpc) is 3.74. The third kappa shape index (κ3) is 5.88. The Morgan fingerprint density at radius 3 is 2.16 bits per heavy atom. The topological polar surface area (TPSA) is 49.8 Å². The summed E-state index contributed by atoms with van der Waals surface area (Å²) in [5, 5.41) is 9.69. The number of aliphatic carboxylic acids is 1. The molecule has 3 fully saturated rings. The standard InChI is InChI=1S/C33H37F6NO3/c1-17(31(41)42)30(20-4-5-20)21-6-3-19-7-12-28(43-29(19)15-21)22-13-24-9-10-25(14-22)40(24)18(2)26-16-23(32(34,35)36)8-11-27(26)33(37,38)39/h3,6,8,11,15-18,20,22,24-25,28,30H,4-5,7,9-10,12-14H2,1-2H3,(H,41,42)/t17-,18-,22?,24-,25+,28?,30-/m0/s1. The van der Waals surface area contributed by atoms with Crippen molar-refractivity contribution in [1.82, 2.24) is 4.90 Å². The molecule has 2 aromatic rings. The molecule has 3 aliphatic heterocycles. The fourth-order valence-electron chi connectivity index (χ4n) is 8.22. The molecule has 4 aliphatic rings. The van der Waals surface area contributed by atoms with E-state index in [0.717, 1.165) is 55.4 Å². The van der Waals surface area contributed by atoms with E-state index in [1.807, 2.05) is 23.1 Å². The molecule has 4 nitrogen and oxygen atoms in total. The minimum Gasteiger partial charge on any atom is -0.490 e. The van der Waals surface area contributed by atoms with Crippen molar-refractivity contribution in [1.29, 1.82) is 0 Å². The van der Waals surface area contributed by atoms with E-state index in [1.165, 1.54) is 0 Å². The van der Waals surface area contributed by atoms with Crippen LogP contribution in [-0.2, 0) is 23.6 Å². The van der Waals surface area contributed by atoms with Gasteiger partial charge in [-0.05, 0) is 117 Å². The number of benzene rings is 2. The first-order valence-corrected chi connectivity index (χ1v) is 15.3. The Morgan fingerprint density at radius 2 is 1.58 bits per heavy atom. The first-order chi connectivity index (χ1) is 20.2. The number of rotatable bonds is 7. The third-order valence-corrected chi connectivity index (χ3v) is 10.4. The molecule has 6 rings (SSSR count). The van der Waals surface area contributed by atoms with E-state index in [0.29, 0.717) is 37.0 Å². The van der Waals surface area contributed by atoms with Crippen molar-refractivity contribution in [3.8, 4) is 5.75 Å². The third-order valence-electron chi connectivity index (χ3n) is 10.4. The van der Waals surface area contributed by atoms with Crippen LogP contribution in [0.2, 0.25) is 0 Å². The molecule has 1 saturated carbocycles. The lowest BCUT2D eigenvalue weighted by molar-refractivity contribution is -0.142. The second-order valence-electron chi connectivity index (χ2n) is 13.1. The smallest absolute Gasteiger partial charge is 0.416 e. The molecule has 1 aliphatic carbocycles. The van der Waals surface area contributed by atoms with Crippen LogP contribution in [0.4, 0.5) is 26.3 Å². The number of aryl methyl sites for hydroxylation is 1. The molecule has 2 saturated heterocycles. The highest BCUT2D eigenvalue weighted by Gasteiger charge is 2.48. The second-order valence-corrected chi connectivity index (χ2v) is 13.1. The maximum Gasteiger partial charge on any atom is 0.416 e. The van der Waals surface area contributed by atoms with Crippen LogP contribution >= 0.6 is 0 Å². The lowest BCUT2D eigenvalue weighted by Gasteiger charge is -2.45. The SMILES string of the molecule is C[C@H](C(=O)O)[C@H](c1ccc2c(c1)OC(C1C[C@H]3CC[C@@H](C1)N3[C@@H](C)c1cc(C(F)(F)F)ccc1C(F)(F)F)CC2)C1CC1. The van der Waals surface area contributed by atoms with E-state index >= 15 is 0 Å². The Bertz CT molecular complexity index is 1360. The van der Waals surface area contributed by atoms with E-state index in [9.17, 15) is 36.2 Å². The molecule has 3 heterocycles. The summed E-state index contributed by atoms with van der Waals surface area (Å²) in [5.41, 5.74) is -0.328. The van der Waals surface area contributed by atoms with Gasteiger partial charge in [0.25, 0.3) is 0 Å². The van der Waals surface area contributed by atoms with Crippen molar-refractivity contribution in [2.75, 3.05) is 0 Å². The predicted molar refractivity (Wildman–Crippen MR) is 148 cm³/mol. The number of fused-ring (bicyclic) bond motifs is 3. The number of carbonyl (C=O) groups is 1. The van der Waals surface area contributed by atoms with Gasteiger partial charge in [-0.25, -0.2) is 0 Å². The van der Waals surface area contributed by atoms with Crippen LogP contribution < -0.4 is 4.74 Å². The predicted octanol–water partition coefficient (Wildman–Crippen LogP) is 8.64. The van der Waals surface area contributed by atoms with Crippen LogP contribution in [0.5, 0.6) is 5.75 Å². The van der Waals surface area contributed by atoms with Gasteiger partial charge in [-0.3, -0.25) is 9.69 Å². The summed E-state index contributed by atoms with van der Waals surface area (Å²) >= 11 is 0. The molecule has 0 amide bonds. The molecule has 2 unspecified atom stereocenters. The Morgan fingerprint density at radius 1 is 0.907 bits per heavy atom. The summed E-state index contributed by atoms with van der Waals surface area (Å²) in [5.74, 6) is -0.0404. The lowest BCUT2D eigenvalue weighted by Crippen LogP contribution is -2.48. The Kier molecular flexibility index (Phi) is 7.75. The van der Waals surface area contributed by atoms with Crippen molar-refractivity contribution in [3.05, 3.63) is 64.2 Å². The van der Waals surface area contributed by atoms with Crippen molar-refractivity contribution in [2.24, 2.45) is 17.8 Å². The largest absolute Gasteiger partial charge is 0.490 e. The zero-order chi connectivity index (χ0) is 30.8. The summed E-state index contributed by atoms with van der Waals surface area (Å²) < 4.78 is 88.7. The van der Waals surface area contributed by atoms with Crippen LogP contribution in [0.15, 0.2) is 36.4 Å². The summed E-state index contributed by atoms with van der Waals surface area (Å²) in [4.78, 5) is 13.8. The summed E-state index contributed by atoms with van der Waals surface area (Å²) in [7, 11) is 0. The number of hydrogen-bond acceptors (Lipinski definition) is 3. The van der Waals surface area contributed by atoms with Gasteiger partial charge in [0.15, 0.2) is 0 Å². The van der Waals surface area contributed by atoms with E-state index in [1.54, 1.807) is 13.8 Å². The van der Waals surface area contributed by atoms with Gasteiger partial charge < -0.3 is 9.84 Å². The van der Waals surface area contributed by atoms with E-state index in [-0.39, 0.29) is 35.6 Å². The van der Waals surface area contributed by atoms with E-state index in [2.05, 4.69) is 0 Å². The van der Waals surface area contributed by atoms with Crippen molar-refractivity contribution in [3.63, 3.8) is 0 Å². The van der Waals surface area contributed by atoms with Crippen LogP contribution in [0.1, 0.15) is 98.6 Å². The molecule has 0 spiro atoms. The number of alkyl halides is 6. The fraction of sp³-hybridized carbons (Fsp3) is 0.606. The minimum atomic E-state index is -4.76. The highest BCUT2D eigenvalue weighted by Crippen LogP contribution is 2.50. The average molecular weight is 610 g/mol. The van der Waals surface area contributed by atoms with Crippen molar-refractivity contribution >= 4 is 5.97 Å². The number of carboxylic acids is 1. The van der Waals surface area contributed by atoms with Gasteiger partial charge in [-0.2, -0.15) is 26.3 Å². The zero-order valence-electron chi connectivity index (χ0n) is 24.2. The maximum absolute atomic E-state index is 13.9. The molecule has 2 bridgehead atoms. The number of nitrogens with zero attached hydrogens (tertiary/aromatic N) is 1. The Balaban J connectivity index is 1.20. The number of carboxylic acid groups (broad SMARTS) is 1. The molecule has 1 N–H and O–H groups in total. The molecule has 0 radical (unpaired) electrons. The molecule has 2 aromatic carbocycles. The first kappa shape index (κ1) is 30.3. The molecular formula is C33H37F6NO3. The second kappa shape index (κ2) is 11.0. The molecule has 234 valence electrons. The first-order valence-electron chi connectivity index (χ1n) is 15.3. The monoisotopic (exact) mass is 609 g/mol. The molecule has 7 atom stereocenters. The van der Waals surface area contributed by atoms with Gasteiger partial charge in [-0.15, -0.1) is 0 Å². The van der Waals surface area contributed by atoms with Crippen molar-refractivity contribution in [2.45, 2.75) is 108 Å². The Hall–Kier alpha value is -2.75. The number of piperidine rings is 1. The number of ether oxygens (including phenoxy) is 1. The van der Waals surface area contributed by atoms with Crippen LogP contribution in [0, 0.1) is 17.8 Å². The van der Waals surface area contributed by atoms with Gasteiger partial charge in [0.1, 0.15) is 11.9 Å². The van der Waals surface area contributed by atoms with E-state index in [4.69, 9.17) is 4.74 Å². The van der Waals surface area contributed by atoms with Crippen LogP contribution in [0.3, 0.4) is 0 Å². The maximum atomic E-state index is 13.9. The molecule has 0 aromatic heterocycles. The van der Waals surface area contributed by atoms with Crippen LogP contribution in [-0.4, -0.2) is 34.2 Å². The van der Waals surface area contributed by atoms with Crippen molar-refractivity contribution < 1.29 is 41.0 Å². The van der Waals surface area contributed by atoms with Gasteiger partial charge >= 0.3 is 18.3 Å². The number of halogens is 6. The highest BCUT2D eigenvalue weighted by molar-refractivity contribution is 5.71. The van der Waals surface area contributed by atoms with Gasteiger partial charge in [0, 0.05) is 18.1 Å². The highest BCUT2D eigenvalue weighted by atomic mass is 19.4. The van der Waals surface area contributed by atoms with Gasteiger partial charge in [-0.1, -0.05) is 19.1 Å².